The molecule has 1 amide bonds. The number of carbonyl (C=O) groups excluding carboxylic acids is 1. The number of hydrogen-bond acceptors (Lipinski definition) is 2. The summed E-state index contributed by atoms with van der Waals surface area (Å²) in [6.07, 6.45) is 1.08. The van der Waals surface area contributed by atoms with Crippen LogP contribution in [0.2, 0.25) is 0 Å². The van der Waals surface area contributed by atoms with Crippen molar-refractivity contribution < 1.29 is 9.53 Å². The molecule has 0 heterocycles. The van der Waals surface area contributed by atoms with Gasteiger partial charge in [0.25, 0.3) is 3.91 Å². The number of carbonyl (C=O) groups is 1. The predicted octanol–water partition coefficient (Wildman–Crippen LogP) is 2.19. The third-order valence-electron chi connectivity index (χ3n) is 1.35. The van der Waals surface area contributed by atoms with Crippen LogP contribution in [0, 0.1) is 5.92 Å². The van der Waals surface area contributed by atoms with Crippen LogP contribution < -0.4 is 5.32 Å². The van der Waals surface area contributed by atoms with Gasteiger partial charge in [-0.25, -0.2) is 0 Å². The lowest BCUT2D eigenvalue weighted by Crippen LogP contribution is -2.21. The SMILES string of the molecule is CC(C)CCOCCNC(=O)I. The highest BCUT2D eigenvalue weighted by atomic mass is 127. The van der Waals surface area contributed by atoms with Crippen LogP contribution in [0.5, 0.6) is 0 Å². The monoisotopic (exact) mass is 285 g/mol. The first-order valence-electron chi connectivity index (χ1n) is 4.14. The molecule has 0 atom stereocenters. The third kappa shape index (κ3) is 10.2. The summed E-state index contributed by atoms with van der Waals surface area (Å²) in [5.41, 5.74) is 0. The van der Waals surface area contributed by atoms with E-state index in [1.807, 2.05) is 0 Å². The molecule has 0 spiro atoms. The molecule has 4 heteroatoms. The second kappa shape index (κ2) is 7.79. The molecule has 0 aliphatic rings. The van der Waals surface area contributed by atoms with Crippen LogP contribution in [-0.4, -0.2) is 23.7 Å². The minimum absolute atomic E-state index is 0.0277. The van der Waals surface area contributed by atoms with Gasteiger partial charge in [0.05, 0.1) is 6.61 Å². The Bertz CT molecular complexity index is 128. The van der Waals surface area contributed by atoms with Gasteiger partial charge in [0.15, 0.2) is 0 Å². The summed E-state index contributed by atoms with van der Waals surface area (Å²) in [4.78, 5) is 10.4. The van der Waals surface area contributed by atoms with Crippen LogP contribution in [0.25, 0.3) is 0 Å². The Hall–Kier alpha value is 0.160. The average Bonchev–Trinajstić information content (AvgIpc) is 1.95. The smallest absolute Gasteiger partial charge is 0.280 e. The van der Waals surface area contributed by atoms with Gasteiger partial charge < -0.3 is 10.1 Å². The topological polar surface area (TPSA) is 38.3 Å². The molecule has 0 rings (SSSR count). The van der Waals surface area contributed by atoms with E-state index in [9.17, 15) is 4.79 Å². The molecule has 0 aromatic heterocycles. The first kappa shape index (κ1) is 12.2. The van der Waals surface area contributed by atoms with Crippen molar-refractivity contribution in [1.82, 2.24) is 5.32 Å². The van der Waals surface area contributed by atoms with Crippen molar-refractivity contribution in [2.45, 2.75) is 20.3 Å². The van der Waals surface area contributed by atoms with Crippen molar-refractivity contribution >= 4 is 26.5 Å². The molecule has 0 radical (unpaired) electrons. The Kier molecular flexibility index (Phi) is 7.89. The van der Waals surface area contributed by atoms with Gasteiger partial charge in [-0.05, 0) is 12.3 Å². The zero-order chi connectivity index (χ0) is 9.40. The van der Waals surface area contributed by atoms with Gasteiger partial charge in [-0.1, -0.05) is 13.8 Å². The summed E-state index contributed by atoms with van der Waals surface area (Å²) in [5, 5.41) is 2.66. The zero-order valence-corrected chi connectivity index (χ0v) is 9.76. The van der Waals surface area contributed by atoms with Crippen molar-refractivity contribution in [3.63, 3.8) is 0 Å². The quantitative estimate of drug-likeness (QED) is 0.351. The average molecular weight is 285 g/mol. The van der Waals surface area contributed by atoms with Crippen LogP contribution in [0.4, 0.5) is 4.79 Å². The number of hydrogen-bond donors (Lipinski definition) is 1. The highest BCUT2D eigenvalue weighted by Crippen LogP contribution is 1.98. The first-order chi connectivity index (χ1) is 5.63. The first-order valence-corrected chi connectivity index (χ1v) is 5.22. The van der Waals surface area contributed by atoms with E-state index in [0.29, 0.717) is 19.1 Å². The van der Waals surface area contributed by atoms with Gasteiger partial charge in [0, 0.05) is 35.7 Å². The molecule has 0 unspecified atom stereocenters. The third-order valence-corrected chi connectivity index (χ3v) is 1.73. The van der Waals surface area contributed by atoms with Crippen LogP contribution in [0.15, 0.2) is 0 Å². The molecule has 0 aliphatic heterocycles. The molecule has 0 aromatic rings. The van der Waals surface area contributed by atoms with E-state index in [1.165, 1.54) is 0 Å². The summed E-state index contributed by atoms with van der Waals surface area (Å²) < 4.78 is 5.25. The number of halogens is 1. The Morgan fingerprint density at radius 2 is 2.17 bits per heavy atom. The van der Waals surface area contributed by atoms with Gasteiger partial charge in [0.1, 0.15) is 0 Å². The van der Waals surface area contributed by atoms with E-state index in [2.05, 4.69) is 19.2 Å². The van der Waals surface area contributed by atoms with E-state index in [4.69, 9.17) is 4.74 Å². The van der Waals surface area contributed by atoms with E-state index in [-0.39, 0.29) is 3.91 Å². The van der Waals surface area contributed by atoms with Crippen molar-refractivity contribution in [1.29, 1.82) is 0 Å². The van der Waals surface area contributed by atoms with Crippen molar-refractivity contribution in [3.05, 3.63) is 0 Å². The van der Waals surface area contributed by atoms with Crippen molar-refractivity contribution in [2.24, 2.45) is 5.92 Å². The molecule has 0 fully saturated rings. The van der Waals surface area contributed by atoms with Crippen LogP contribution in [0.3, 0.4) is 0 Å². The Morgan fingerprint density at radius 3 is 2.67 bits per heavy atom. The Labute approximate surface area is 87.4 Å². The Morgan fingerprint density at radius 1 is 1.50 bits per heavy atom. The molecule has 72 valence electrons. The lowest BCUT2D eigenvalue weighted by Gasteiger charge is -2.05. The number of amides is 1. The lowest BCUT2D eigenvalue weighted by atomic mass is 10.1. The van der Waals surface area contributed by atoms with Crippen LogP contribution in [0.1, 0.15) is 20.3 Å². The van der Waals surface area contributed by atoms with Crippen LogP contribution in [-0.2, 0) is 4.74 Å². The standard InChI is InChI=1S/C8H16INO2/c1-7(2)3-5-12-6-4-10-8(9)11/h7H,3-6H2,1-2H3,(H,10,11). The van der Waals surface area contributed by atoms with Crippen molar-refractivity contribution in [3.8, 4) is 0 Å². The number of ether oxygens (including phenoxy) is 1. The maximum atomic E-state index is 10.4. The van der Waals surface area contributed by atoms with Crippen molar-refractivity contribution in [2.75, 3.05) is 19.8 Å². The van der Waals surface area contributed by atoms with Gasteiger partial charge in [-0.15, -0.1) is 0 Å². The fourth-order valence-corrected chi connectivity index (χ4v) is 0.912. The molecule has 1 N–H and O–H groups in total. The highest BCUT2D eigenvalue weighted by molar-refractivity contribution is 14.1. The molecule has 0 aliphatic carbocycles. The largest absolute Gasteiger partial charge is 0.380 e. The normalized spacial score (nSPS) is 10.3. The summed E-state index contributed by atoms with van der Waals surface area (Å²) in [5.74, 6) is 0.684. The number of nitrogens with one attached hydrogen (secondary N) is 1. The van der Waals surface area contributed by atoms with E-state index >= 15 is 0 Å². The minimum Gasteiger partial charge on any atom is -0.380 e. The molecule has 3 nitrogen and oxygen atoms in total. The molecule has 0 aromatic carbocycles. The summed E-state index contributed by atoms with van der Waals surface area (Å²) in [6.45, 7) is 6.34. The second-order valence-corrected chi connectivity index (χ2v) is 3.98. The second-order valence-electron chi connectivity index (χ2n) is 3.00. The van der Waals surface area contributed by atoms with Gasteiger partial charge in [-0.2, -0.15) is 0 Å². The highest BCUT2D eigenvalue weighted by Gasteiger charge is 1.94. The molecule has 12 heavy (non-hydrogen) atoms. The molecular formula is C8H16INO2. The fourth-order valence-electron chi connectivity index (χ4n) is 0.643. The molecule has 0 saturated carbocycles. The molecule has 0 saturated heterocycles. The van der Waals surface area contributed by atoms with E-state index in [0.717, 1.165) is 13.0 Å². The minimum atomic E-state index is -0.0277. The molecule has 0 bridgehead atoms. The molecular weight excluding hydrogens is 269 g/mol. The summed E-state index contributed by atoms with van der Waals surface area (Å²) in [7, 11) is 0. The maximum Gasteiger partial charge on any atom is 0.280 e. The van der Waals surface area contributed by atoms with Crippen LogP contribution >= 0.6 is 22.6 Å². The van der Waals surface area contributed by atoms with Gasteiger partial charge in [-0.3, -0.25) is 4.79 Å². The lowest BCUT2D eigenvalue weighted by molar-refractivity contribution is 0.127. The van der Waals surface area contributed by atoms with Gasteiger partial charge >= 0.3 is 0 Å². The zero-order valence-electron chi connectivity index (χ0n) is 7.60. The van der Waals surface area contributed by atoms with E-state index < -0.39 is 0 Å². The summed E-state index contributed by atoms with van der Waals surface area (Å²) >= 11 is 1.71. The fraction of sp³-hybridized carbons (Fsp3) is 0.875. The summed E-state index contributed by atoms with van der Waals surface area (Å²) in [6, 6.07) is 0. The Balaban J connectivity index is 2.96. The van der Waals surface area contributed by atoms with E-state index in [1.54, 1.807) is 22.6 Å². The maximum absolute atomic E-state index is 10.4. The van der Waals surface area contributed by atoms with Gasteiger partial charge in [0.2, 0.25) is 0 Å². The predicted molar refractivity (Wildman–Crippen MR) is 57.7 cm³/mol. The number of rotatable bonds is 6.